The monoisotopic (exact) mass is 260 g/mol. The van der Waals surface area contributed by atoms with Crippen molar-refractivity contribution < 1.29 is 9.47 Å². The summed E-state index contributed by atoms with van der Waals surface area (Å²) in [5.41, 5.74) is 1.26. The summed E-state index contributed by atoms with van der Waals surface area (Å²) in [5, 5.41) is 0. The van der Waals surface area contributed by atoms with E-state index >= 15 is 0 Å². The van der Waals surface area contributed by atoms with Crippen LogP contribution in [0.5, 0.6) is 0 Å². The van der Waals surface area contributed by atoms with Gasteiger partial charge >= 0.3 is 0 Å². The molecule has 2 nitrogen and oxygen atoms in total. The number of rotatable bonds is 6. The molecule has 0 N–H and O–H groups in total. The van der Waals surface area contributed by atoms with Crippen molar-refractivity contribution in [2.45, 2.75) is 50.4 Å². The minimum atomic E-state index is 0.00829. The molecule has 0 spiro atoms. The fourth-order valence-corrected chi connectivity index (χ4v) is 2.83. The number of hydrogen-bond acceptors (Lipinski definition) is 2. The van der Waals surface area contributed by atoms with Crippen LogP contribution in [-0.4, -0.2) is 18.8 Å². The van der Waals surface area contributed by atoms with Crippen molar-refractivity contribution in [2.24, 2.45) is 0 Å². The highest BCUT2D eigenvalue weighted by atomic mass is 16.5. The van der Waals surface area contributed by atoms with Crippen LogP contribution in [0.25, 0.3) is 0 Å². The molecule has 0 atom stereocenters. The first-order valence-corrected chi connectivity index (χ1v) is 7.09. The van der Waals surface area contributed by atoms with Crippen LogP contribution in [0.2, 0.25) is 0 Å². The second-order valence-corrected chi connectivity index (χ2v) is 5.38. The van der Waals surface area contributed by atoms with Crippen molar-refractivity contribution in [3.8, 4) is 0 Å². The van der Waals surface area contributed by atoms with E-state index in [0.717, 1.165) is 32.1 Å². The summed E-state index contributed by atoms with van der Waals surface area (Å²) < 4.78 is 11.7. The Kier molecular flexibility index (Phi) is 5.17. The minimum Gasteiger partial charge on any atom is -0.378 e. The lowest BCUT2D eigenvalue weighted by Crippen LogP contribution is -2.38. The van der Waals surface area contributed by atoms with Gasteiger partial charge in [0.15, 0.2) is 0 Å². The number of ether oxygens (including phenoxy) is 2. The lowest BCUT2D eigenvalue weighted by atomic mass is 9.81. The molecule has 1 aromatic rings. The molecular weight excluding hydrogens is 236 g/mol. The molecule has 0 heterocycles. The summed E-state index contributed by atoms with van der Waals surface area (Å²) in [5.74, 6) is 0. The highest BCUT2D eigenvalue weighted by molar-refractivity contribution is 5.13. The third-order valence-corrected chi connectivity index (χ3v) is 4.12. The maximum absolute atomic E-state index is 6.00. The fourth-order valence-electron chi connectivity index (χ4n) is 2.83. The molecule has 1 saturated carbocycles. The van der Waals surface area contributed by atoms with Gasteiger partial charge in [-0.1, -0.05) is 36.4 Å². The molecule has 0 amide bonds. The molecular formula is C17H24O2. The topological polar surface area (TPSA) is 18.5 Å². The Morgan fingerprint density at radius 1 is 1.26 bits per heavy atom. The van der Waals surface area contributed by atoms with Gasteiger partial charge in [-0.05, 0) is 37.7 Å². The Morgan fingerprint density at radius 3 is 2.53 bits per heavy atom. The van der Waals surface area contributed by atoms with Gasteiger partial charge < -0.3 is 9.47 Å². The third kappa shape index (κ3) is 3.92. The highest BCUT2D eigenvalue weighted by Gasteiger charge is 2.34. The molecule has 1 fully saturated rings. The Bertz CT molecular complexity index is 378. The smallest absolute Gasteiger partial charge is 0.0720 e. The van der Waals surface area contributed by atoms with E-state index in [0.29, 0.717) is 12.7 Å². The van der Waals surface area contributed by atoms with Crippen LogP contribution in [-0.2, 0) is 16.1 Å². The summed E-state index contributed by atoms with van der Waals surface area (Å²) in [6, 6.07) is 10.4. The van der Waals surface area contributed by atoms with E-state index in [2.05, 4.69) is 30.8 Å². The standard InChI is InChI=1S/C17H24O2/c1-3-11-17(18-2)12-9-16(10-13-17)19-14-15-7-5-4-6-8-15/h3-8,16H,1,9-14H2,2H3. The number of benzene rings is 1. The quantitative estimate of drug-likeness (QED) is 0.717. The van der Waals surface area contributed by atoms with Crippen LogP contribution in [0.15, 0.2) is 43.0 Å². The van der Waals surface area contributed by atoms with Crippen molar-refractivity contribution in [1.29, 1.82) is 0 Å². The summed E-state index contributed by atoms with van der Waals surface area (Å²) in [6.07, 6.45) is 7.56. The summed E-state index contributed by atoms with van der Waals surface area (Å²) in [7, 11) is 1.81. The van der Waals surface area contributed by atoms with Crippen LogP contribution >= 0.6 is 0 Å². The fraction of sp³-hybridized carbons (Fsp3) is 0.529. The van der Waals surface area contributed by atoms with E-state index in [4.69, 9.17) is 9.47 Å². The summed E-state index contributed by atoms with van der Waals surface area (Å²) in [6.45, 7) is 4.55. The average molecular weight is 260 g/mol. The first kappa shape index (κ1) is 14.3. The zero-order chi connectivity index (χ0) is 13.6. The number of hydrogen-bond donors (Lipinski definition) is 0. The van der Waals surface area contributed by atoms with E-state index in [1.165, 1.54) is 5.56 Å². The van der Waals surface area contributed by atoms with Crippen molar-refractivity contribution in [1.82, 2.24) is 0 Å². The van der Waals surface area contributed by atoms with Crippen molar-refractivity contribution in [3.05, 3.63) is 48.6 Å². The van der Waals surface area contributed by atoms with Crippen molar-refractivity contribution in [3.63, 3.8) is 0 Å². The first-order chi connectivity index (χ1) is 9.28. The summed E-state index contributed by atoms with van der Waals surface area (Å²) in [4.78, 5) is 0. The SMILES string of the molecule is C=CCC1(OC)CCC(OCc2ccccc2)CC1. The minimum absolute atomic E-state index is 0.00829. The average Bonchev–Trinajstić information content (AvgIpc) is 2.48. The van der Waals surface area contributed by atoms with Crippen LogP contribution in [0, 0.1) is 0 Å². The van der Waals surface area contributed by atoms with E-state index in [1.807, 2.05) is 19.3 Å². The molecule has 1 aromatic carbocycles. The van der Waals surface area contributed by atoms with Gasteiger partial charge in [-0.15, -0.1) is 6.58 Å². The lowest BCUT2D eigenvalue weighted by Gasteiger charge is -2.38. The van der Waals surface area contributed by atoms with Gasteiger partial charge in [0.2, 0.25) is 0 Å². The molecule has 0 saturated heterocycles. The normalized spacial score (nSPS) is 27.1. The predicted octanol–water partition coefficient (Wildman–Crippen LogP) is 4.11. The van der Waals surface area contributed by atoms with E-state index in [-0.39, 0.29) is 5.60 Å². The van der Waals surface area contributed by atoms with E-state index < -0.39 is 0 Å². The molecule has 1 aliphatic carbocycles. The van der Waals surface area contributed by atoms with E-state index in [1.54, 1.807) is 0 Å². The van der Waals surface area contributed by atoms with Gasteiger partial charge in [0, 0.05) is 7.11 Å². The van der Waals surface area contributed by atoms with Gasteiger partial charge in [-0.2, -0.15) is 0 Å². The second-order valence-electron chi connectivity index (χ2n) is 5.38. The van der Waals surface area contributed by atoms with Crippen molar-refractivity contribution in [2.75, 3.05) is 7.11 Å². The van der Waals surface area contributed by atoms with Crippen LogP contribution < -0.4 is 0 Å². The molecule has 0 aromatic heterocycles. The van der Waals surface area contributed by atoms with Gasteiger partial charge in [-0.3, -0.25) is 0 Å². The van der Waals surface area contributed by atoms with Gasteiger partial charge in [-0.25, -0.2) is 0 Å². The highest BCUT2D eigenvalue weighted by Crippen LogP contribution is 2.35. The van der Waals surface area contributed by atoms with Crippen LogP contribution in [0.3, 0.4) is 0 Å². The first-order valence-electron chi connectivity index (χ1n) is 7.09. The Balaban J connectivity index is 1.78. The van der Waals surface area contributed by atoms with Crippen LogP contribution in [0.1, 0.15) is 37.7 Å². The van der Waals surface area contributed by atoms with E-state index in [9.17, 15) is 0 Å². The molecule has 0 bridgehead atoms. The zero-order valence-corrected chi connectivity index (χ0v) is 11.8. The van der Waals surface area contributed by atoms with Crippen LogP contribution in [0.4, 0.5) is 0 Å². The zero-order valence-electron chi connectivity index (χ0n) is 11.8. The molecule has 104 valence electrons. The molecule has 0 radical (unpaired) electrons. The molecule has 0 aliphatic heterocycles. The maximum atomic E-state index is 6.00. The predicted molar refractivity (Wildman–Crippen MR) is 78.0 cm³/mol. The van der Waals surface area contributed by atoms with Gasteiger partial charge in [0.05, 0.1) is 18.3 Å². The van der Waals surface area contributed by atoms with Gasteiger partial charge in [0.1, 0.15) is 0 Å². The largest absolute Gasteiger partial charge is 0.378 e. The molecule has 1 aliphatic rings. The van der Waals surface area contributed by atoms with Crippen molar-refractivity contribution >= 4 is 0 Å². The Morgan fingerprint density at radius 2 is 1.95 bits per heavy atom. The Hall–Kier alpha value is -1.12. The molecule has 0 unspecified atom stereocenters. The molecule has 2 heteroatoms. The van der Waals surface area contributed by atoms with Gasteiger partial charge in [0.25, 0.3) is 0 Å². The maximum Gasteiger partial charge on any atom is 0.0720 e. The number of methoxy groups -OCH3 is 1. The third-order valence-electron chi connectivity index (χ3n) is 4.12. The molecule has 2 rings (SSSR count). The Labute approximate surface area is 116 Å². The lowest BCUT2D eigenvalue weighted by molar-refractivity contribution is -0.0806. The molecule has 19 heavy (non-hydrogen) atoms. The second kappa shape index (κ2) is 6.88. The summed E-state index contributed by atoms with van der Waals surface area (Å²) >= 11 is 0.